The van der Waals surface area contributed by atoms with Crippen LogP contribution in [0.1, 0.15) is 97.6 Å². The predicted octanol–water partition coefficient (Wildman–Crippen LogP) is 6.34. The van der Waals surface area contributed by atoms with Crippen LogP contribution in [-0.2, 0) is 6.42 Å². The molecule has 0 aromatic carbocycles. The fourth-order valence-electron chi connectivity index (χ4n) is 6.73. The van der Waals surface area contributed by atoms with Crippen LogP contribution in [0, 0.1) is 13.8 Å². The van der Waals surface area contributed by atoms with Crippen LogP contribution in [0.3, 0.4) is 0 Å². The molecular formula is C24H32N2OS. The van der Waals surface area contributed by atoms with E-state index in [1.165, 1.54) is 80.7 Å². The monoisotopic (exact) mass is 396 g/mol. The van der Waals surface area contributed by atoms with Crippen LogP contribution < -0.4 is 0 Å². The molecule has 3 fully saturated rings. The SMILES string of the molecule is CCc1c(C(=O)N2C3(CCCCC3)C23CCCCC3)sc2nc(C)cc(C)c12. The molecule has 0 N–H and O–H groups in total. The second-order valence-electron chi connectivity index (χ2n) is 9.35. The molecule has 3 heterocycles. The van der Waals surface area contributed by atoms with Crippen LogP contribution in [0.2, 0.25) is 0 Å². The van der Waals surface area contributed by atoms with Gasteiger partial charge in [0.15, 0.2) is 0 Å². The highest BCUT2D eigenvalue weighted by molar-refractivity contribution is 7.20. The summed E-state index contributed by atoms with van der Waals surface area (Å²) in [6.45, 7) is 6.41. The van der Waals surface area contributed by atoms with Gasteiger partial charge in [0, 0.05) is 11.1 Å². The first-order valence-corrected chi connectivity index (χ1v) is 12.1. The average Bonchev–Trinajstić information content (AvgIpc) is 3.01. The second-order valence-corrected chi connectivity index (χ2v) is 10.3. The van der Waals surface area contributed by atoms with Crippen LogP contribution in [0.15, 0.2) is 6.07 Å². The summed E-state index contributed by atoms with van der Waals surface area (Å²) < 4.78 is 0. The maximum Gasteiger partial charge on any atom is 0.265 e. The summed E-state index contributed by atoms with van der Waals surface area (Å²) in [4.78, 5) is 23.2. The number of rotatable bonds is 2. The van der Waals surface area contributed by atoms with Crippen molar-refractivity contribution in [3.63, 3.8) is 0 Å². The molecule has 3 aliphatic rings. The Morgan fingerprint density at radius 1 is 1.04 bits per heavy atom. The van der Waals surface area contributed by atoms with Gasteiger partial charge in [0.25, 0.3) is 5.91 Å². The molecule has 1 amide bonds. The van der Waals surface area contributed by atoms with Gasteiger partial charge in [-0.15, -0.1) is 11.3 Å². The Kier molecular flexibility index (Phi) is 4.35. The highest BCUT2D eigenvalue weighted by atomic mass is 32.1. The highest BCUT2D eigenvalue weighted by Crippen LogP contribution is 2.66. The van der Waals surface area contributed by atoms with E-state index in [-0.39, 0.29) is 11.1 Å². The molecule has 4 heteroatoms. The number of thiophene rings is 1. The van der Waals surface area contributed by atoms with E-state index in [1.54, 1.807) is 11.3 Å². The maximum atomic E-state index is 14.0. The van der Waals surface area contributed by atoms with Gasteiger partial charge in [-0.3, -0.25) is 4.79 Å². The average molecular weight is 397 g/mol. The summed E-state index contributed by atoms with van der Waals surface area (Å²) in [6, 6.07) is 2.16. The van der Waals surface area contributed by atoms with E-state index in [9.17, 15) is 4.79 Å². The topological polar surface area (TPSA) is 33.0 Å². The fourth-order valence-corrected chi connectivity index (χ4v) is 8.05. The number of carbonyl (C=O) groups is 1. The number of fused-ring (bicyclic) bond motifs is 2. The molecule has 2 aromatic heterocycles. The van der Waals surface area contributed by atoms with Crippen molar-refractivity contribution in [1.82, 2.24) is 9.88 Å². The molecule has 0 bridgehead atoms. The lowest BCUT2D eigenvalue weighted by Gasteiger charge is -2.27. The molecule has 2 aliphatic carbocycles. The van der Waals surface area contributed by atoms with Crippen molar-refractivity contribution in [3.05, 3.63) is 27.8 Å². The van der Waals surface area contributed by atoms with Gasteiger partial charge in [0.2, 0.25) is 0 Å². The maximum absolute atomic E-state index is 14.0. The lowest BCUT2D eigenvalue weighted by Crippen LogP contribution is -2.30. The minimum atomic E-state index is 0.169. The van der Waals surface area contributed by atoms with Crippen LogP contribution in [-0.4, -0.2) is 26.9 Å². The summed E-state index contributed by atoms with van der Waals surface area (Å²) in [5.41, 5.74) is 3.89. The minimum Gasteiger partial charge on any atom is -0.322 e. The summed E-state index contributed by atoms with van der Waals surface area (Å²) in [5.74, 6) is 0.320. The van der Waals surface area contributed by atoms with E-state index in [2.05, 4.69) is 31.7 Å². The number of nitrogens with zero attached hydrogens (tertiary/aromatic N) is 2. The van der Waals surface area contributed by atoms with Crippen molar-refractivity contribution in [2.45, 2.75) is 102 Å². The minimum absolute atomic E-state index is 0.169. The first-order valence-electron chi connectivity index (χ1n) is 11.3. The molecule has 3 nitrogen and oxygen atoms in total. The Bertz CT molecular complexity index is 908. The van der Waals surface area contributed by atoms with Crippen molar-refractivity contribution < 1.29 is 4.79 Å². The first kappa shape index (κ1) is 18.6. The van der Waals surface area contributed by atoms with E-state index in [1.807, 2.05) is 0 Å². The molecule has 0 radical (unpaired) electrons. The van der Waals surface area contributed by atoms with Crippen molar-refractivity contribution in [3.8, 4) is 0 Å². The van der Waals surface area contributed by atoms with Gasteiger partial charge in [0.1, 0.15) is 4.83 Å². The molecule has 1 aliphatic heterocycles. The van der Waals surface area contributed by atoms with E-state index < -0.39 is 0 Å². The summed E-state index contributed by atoms with van der Waals surface area (Å²) >= 11 is 1.65. The van der Waals surface area contributed by atoms with E-state index in [0.717, 1.165) is 21.8 Å². The van der Waals surface area contributed by atoms with Gasteiger partial charge in [-0.25, -0.2) is 4.98 Å². The Morgan fingerprint density at radius 3 is 2.14 bits per heavy atom. The Balaban J connectivity index is 1.60. The van der Waals surface area contributed by atoms with Crippen molar-refractivity contribution in [2.75, 3.05) is 0 Å². The molecule has 2 saturated carbocycles. The van der Waals surface area contributed by atoms with Gasteiger partial charge in [0.05, 0.1) is 16.0 Å². The van der Waals surface area contributed by atoms with Gasteiger partial charge in [-0.1, -0.05) is 45.4 Å². The number of hydrogen-bond acceptors (Lipinski definition) is 3. The standard InChI is InChI=1S/C24H32N2OS/c1-4-18-19-16(2)15-17(3)25-21(19)28-20(18)22(27)26-23(11-7-5-8-12-23)24(26)13-9-6-10-14-24/h15H,4-14H2,1-3H3. The Morgan fingerprint density at radius 2 is 1.61 bits per heavy atom. The molecule has 2 aromatic rings. The van der Waals surface area contributed by atoms with Crippen molar-refractivity contribution in [2.24, 2.45) is 0 Å². The predicted molar refractivity (Wildman–Crippen MR) is 116 cm³/mol. The summed E-state index contributed by atoms with van der Waals surface area (Å²) in [6.07, 6.45) is 13.6. The quantitative estimate of drug-likeness (QED) is 0.555. The molecular weight excluding hydrogens is 364 g/mol. The first-order chi connectivity index (χ1) is 13.5. The zero-order valence-electron chi connectivity index (χ0n) is 17.6. The largest absolute Gasteiger partial charge is 0.322 e. The molecule has 5 rings (SSSR count). The smallest absolute Gasteiger partial charge is 0.265 e. The molecule has 2 spiro atoms. The zero-order chi connectivity index (χ0) is 19.5. The molecule has 0 unspecified atom stereocenters. The number of hydrogen-bond donors (Lipinski definition) is 0. The number of amides is 1. The summed E-state index contributed by atoms with van der Waals surface area (Å²) in [7, 11) is 0. The zero-order valence-corrected chi connectivity index (χ0v) is 18.4. The van der Waals surface area contributed by atoms with Crippen molar-refractivity contribution >= 4 is 27.5 Å². The van der Waals surface area contributed by atoms with Crippen LogP contribution in [0.5, 0.6) is 0 Å². The third kappa shape index (κ3) is 2.39. The van der Waals surface area contributed by atoms with E-state index in [4.69, 9.17) is 4.98 Å². The third-order valence-electron chi connectivity index (χ3n) is 7.87. The Hall–Kier alpha value is -1.42. The van der Waals surface area contributed by atoms with E-state index in [0.29, 0.717) is 5.91 Å². The third-order valence-corrected chi connectivity index (χ3v) is 8.98. The highest BCUT2D eigenvalue weighted by Gasteiger charge is 2.75. The lowest BCUT2D eigenvalue weighted by molar-refractivity contribution is 0.0819. The van der Waals surface area contributed by atoms with Crippen LogP contribution >= 0.6 is 11.3 Å². The second kappa shape index (κ2) is 6.55. The number of carbonyl (C=O) groups excluding carboxylic acids is 1. The van der Waals surface area contributed by atoms with Gasteiger partial charge in [-0.05, 0) is 63.1 Å². The Labute approximate surface area is 172 Å². The normalized spacial score (nSPS) is 22.9. The van der Waals surface area contributed by atoms with Gasteiger partial charge < -0.3 is 4.90 Å². The van der Waals surface area contributed by atoms with Gasteiger partial charge in [-0.2, -0.15) is 0 Å². The molecule has 0 atom stereocenters. The molecule has 28 heavy (non-hydrogen) atoms. The van der Waals surface area contributed by atoms with Crippen LogP contribution in [0.4, 0.5) is 0 Å². The lowest BCUT2D eigenvalue weighted by atomic mass is 9.73. The molecule has 1 saturated heterocycles. The number of pyridine rings is 1. The van der Waals surface area contributed by atoms with Crippen LogP contribution in [0.25, 0.3) is 10.2 Å². The fraction of sp³-hybridized carbons (Fsp3) is 0.667. The number of aryl methyl sites for hydroxylation is 3. The number of aromatic nitrogens is 1. The summed E-state index contributed by atoms with van der Waals surface area (Å²) in [5, 5.41) is 1.23. The molecule has 150 valence electrons. The van der Waals surface area contributed by atoms with E-state index >= 15 is 0 Å². The van der Waals surface area contributed by atoms with Crippen molar-refractivity contribution in [1.29, 1.82) is 0 Å². The van der Waals surface area contributed by atoms with Gasteiger partial charge >= 0.3 is 0 Å².